The number of rotatable bonds is 12. The van der Waals surface area contributed by atoms with Crippen LogP contribution in [0.4, 0.5) is 0 Å². The lowest BCUT2D eigenvalue weighted by atomic mass is 10.3. The minimum Gasteiger partial charge on any atom is -0.457 e. The van der Waals surface area contributed by atoms with E-state index < -0.39 is 0 Å². The number of aromatic nitrogens is 12. The van der Waals surface area contributed by atoms with Gasteiger partial charge in [0.15, 0.2) is 0 Å². The van der Waals surface area contributed by atoms with Gasteiger partial charge in [0.1, 0.15) is 36.9 Å². The molecule has 15 nitrogen and oxygen atoms in total. The van der Waals surface area contributed by atoms with Crippen molar-refractivity contribution in [1.29, 1.82) is 0 Å². The summed E-state index contributed by atoms with van der Waals surface area (Å²) in [5, 5.41) is 24.1. The van der Waals surface area contributed by atoms with Crippen molar-refractivity contribution in [2.75, 3.05) is 0 Å². The lowest BCUT2D eigenvalue weighted by molar-refractivity contribution is 0.219. The summed E-state index contributed by atoms with van der Waals surface area (Å²) in [6.07, 6.45) is 6.28. The number of hydrogen-bond donors (Lipinski definition) is 0. The van der Waals surface area contributed by atoms with E-state index in [4.69, 9.17) is 14.2 Å². The van der Waals surface area contributed by atoms with Crippen LogP contribution in [0.25, 0.3) is 0 Å². The van der Waals surface area contributed by atoms with Crippen molar-refractivity contribution in [2.45, 2.75) is 59.6 Å². The molecule has 1 unspecified atom stereocenters. The van der Waals surface area contributed by atoms with Crippen LogP contribution < -0.4 is 14.2 Å². The van der Waals surface area contributed by atoms with Crippen LogP contribution in [0.2, 0.25) is 0 Å². The van der Waals surface area contributed by atoms with Crippen LogP contribution in [0.3, 0.4) is 0 Å². The van der Waals surface area contributed by atoms with Crippen molar-refractivity contribution in [1.82, 2.24) is 59.9 Å². The third-order valence-corrected chi connectivity index (χ3v) is 4.78. The van der Waals surface area contributed by atoms with Gasteiger partial charge in [-0.3, -0.25) is 9.36 Å². The highest BCUT2D eigenvalue weighted by Gasteiger charge is 2.14. The Bertz CT molecular complexity index is 1200. The van der Waals surface area contributed by atoms with E-state index >= 15 is 0 Å². The van der Waals surface area contributed by atoms with Crippen molar-refractivity contribution in [3.8, 4) is 18.0 Å². The Morgan fingerprint density at radius 1 is 0.735 bits per heavy atom. The van der Waals surface area contributed by atoms with Gasteiger partial charge in [-0.25, -0.2) is 4.68 Å². The zero-order valence-corrected chi connectivity index (χ0v) is 19.4. The fourth-order valence-electron chi connectivity index (χ4n) is 2.73. The van der Waals surface area contributed by atoms with E-state index in [2.05, 4.69) is 59.7 Å². The normalized spacial score (nSPS) is 12.0. The van der Waals surface area contributed by atoms with Crippen LogP contribution in [0, 0.1) is 0 Å². The first-order valence-electron chi connectivity index (χ1n) is 10.8. The second-order valence-electron chi connectivity index (χ2n) is 7.45. The molecular weight excluding hydrogens is 444 g/mol. The minimum absolute atomic E-state index is 0.0196. The Balaban J connectivity index is 1.46. The van der Waals surface area contributed by atoms with E-state index in [1.54, 1.807) is 33.5 Å². The molecule has 34 heavy (non-hydrogen) atoms. The smallest absolute Gasteiger partial charge is 0.326 e. The SMILES string of the molecule is CCC(C)n1cc(COc2nc(OCc3cn(C)nn3)nc(OCc3cn(CC)nn3)n2)nn1. The summed E-state index contributed by atoms with van der Waals surface area (Å²) in [4.78, 5) is 12.6. The highest BCUT2D eigenvalue weighted by atomic mass is 16.5. The van der Waals surface area contributed by atoms with Gasteiger partial charge in [-0.05, 0) is 20.3 Å². The van der Waals surface area contributed by atoms with Gasteiger partial charge in [-0.15, -0.1) is 30.2 Å². The predicted octanol–water partition coefficient (Wildman–Crippen LogP) is 0.911. The molecule has 0 aliphatic heterocycles. The summed E-state index contributed by atoms with van der Waals surface area (Å²) in [6.45, 7) is 7.18. The molecule has 0 saturated heterocycles. The first kappa shape index (κ1) is 23.0. The third kappa shape index (κ3) is 5.99. The zero-order valence-electron chi connectivity index (χ0n) is 19.4. The first-order chi connectivity index (χ1) is 16.5. The molecule has 1 atom stereocenters. The second-order valence-corrected chi connectivity index (χ2v) is 7.45. The van der Waals surface area contributed by atoms with Gasteiger partial charge in [-0.1, -0.05) is 22.6 Å². The summed E-state index contributed by atoms with van der Waals surface area (Å²) in [6, 6.07) is 0.305. The van der Waals surface area contributed by atoms with Gasteiger partial charge in [0.25, 0.3) is 0 Å². The molecule has 0 N–H and O–H groups in total. The van der Waals surface area contributed by atoms with Gasteiger partial charge < -0.3 is 14.2 Å². The van der Waals surface area contributed by atoms with Crippen LogP contribution in [0.1, 0.15) is 50.3 Å². The van der Waals surface area contributed by atoms with Crippen LogP contribution in [-0.2, 0) is 33.4 Å². The molecule has 0 radical (unpaired) electrons. The summed E-state index contributed by atoms with van der Waals surface area (Å²) < 4.78 is 22.1. The lowest BCUT2D eigenvalue weighted by Crippen LogP contribution is -2.08. The van der Waals surface area contributed by atoms with Crippen molar-refractivity contribution >= 4 is 0 Å². The second kappa shape index (κ2) is 10.6. The van der Waals surface area contributed by atoms with Crippen LogP contribution in [0.15, 0.2) is 18.6 Å². The minimum atomic E-state index is 0.0196. The van der Waals surface area contributed by atoms with E-state index in [1.165, 1.54) is 0 Å². The molecule has 4 aromatic rings. The number of nitrogens with zero attached hydrogens (tertiary/aromatic N) is 12. The fourth-order valence-corrected chi connectivity index (χ4v) is 2.73. The van der Waals surface area contributed by atoms with E-state index in [-0.39, 0.29) is 43.9 Å². The fraction of sp³-hybridized carbons (Fsp3) is 0.526. The molecule has 0 saturated carbocycles. The summed E-state index contributed by atoms with van der Waals surface area (Å²) in [5.74, 6) is 0. The lowest BCUT2D eigenvalue weighted by Gasteiger charge is -2.08. The highest BCUT2D eigenvalue weighted by Crippen LogP contribution is 2.18. The Hall–Kier alpha value is -4.17. The molecule has 0 aromatic carbocycles. The Morgan fingerprint density at radius 2 is 1.26 bits per heavy atom. The average molecular weight is 470 g/mol. The monoisotopic (exact) mass is 470 g/mol. The van der Waals surface area contributed by atoms with Crippen LogP contribution in [0.5, 0.6) is 18.0 Å². The van der Waals surface area contributed by atoms with Gasteiger partial charge in [0.2, 0.25) is 0 Å². The van der Waals surface area contributed by atoms with Crippen LogP contribution >= 0.6 is 0 Å². The molecule has 4 aromatic heterocycles. The first-order valence-corrected chi connectivity index (χ1v) is 10.8. The molecule has 0 bridgehead atoms. The topological polar surface area (TPSA) is 158 Å². The van der Waals surface area contributed by atoms with Gasteiger partial charge in [0, 0.05) is 13.6 Å². The molecule has 4 heterocycles. The van der Waals surface area contributed by atoms with Crippen molar-refractivity contribution < 1.29 is 14.2 Å². The Morgan fingerprint density at radius 3 is 1.76 bits per heavy atom. The maximum absolute atomic E-state index is 5.73. The van der Waals surface area contributed by atoms with E-state index in [9.17, 15) is 0 Å². The molecule has 0 fully saturated rings. The van der Waals surface area contributed by atoms with Crippen LogP contribution in [-0.4, -0.2) is 59.9 Å². The highest BCUT2D eigenvalue weighted by molar-refractivity contribution is 5.10. The average Bonchev–Trinajstić information content (AvgIpc) is 3.60. The summed E-state index contributed by atoms with van der Waals surface area (Å²) in [5.41, 5.74) is 1.89. The maximum Gasteiger partial charge on any atom is 0.326 e. The van der Waals surface area contributed by atoms with Gasteiger partial charge in [0.05, 0.1) is 24.6 Å². The largest absolute Gasteiger partial charge is 0.457 e. The molecule has 180 valence electrons. The summed E-state index contributed by atoms with van der Waals surface area (Å²) >= 11 is 0. The van der Waals surface area contributed by atoms with Gasteiger partial charge >= 0.3 is 18.0 Å². The molecular formula is C19H26N12O3. The van der Waals surface area contributed by atoms with Crippen molar-refractivity contribution in [2.24, 2.45) is 7.05 Å². The predicted molar refractivity (Wildman–Crippen MR) is 115 cm³/mol. The molecule has 4 rings (SSSR count). The molecule has 0 aliphatic carbocycles. The molecule has 0 aliphatic rings. The van der Waals surface area contributed by atoms with Crippen molar-refractivity contribution in [3.05, 3.63) is 35.7 Å². The number of ether oxygens (including phenoxy) is 3. The number of aryl methyl sites for hydroxylation is 2. The summed E-state index contributed by atoms with van der Waals surface area (Å²) in [7, 11) is 1.77. The Labute approximate surface area is 195 Å². The third-order valence-electron chi connectivity index (χ3n) is 4.78. The Kier molecular flexibility index (Phi) is 7.19. The molecule has 15 heteroatoms. The number of hydrogen-bond acceptors (Lipinski definition) is 12. The van der Waals surface area contributed by atoms with E-state index in [0.717, 1.165) is 6.42 Å². The quantitative estimate of drug-likeness (QED) is 0.288. The van der Waals surface area contributed by atoms with Crippen molar-refractivity contribution in [3.63, 3.8) is 0 Å². The molecule has 0 spiro atoms. The van der Waals surface area contributed by atoms with E-state index in [1.807, 2.05) is 13.1 Å². The standard InChI is InChI=1S/C19H26N12O3/c1-5-13(3)31-9-16(25-28-31)12-34-19-21-17(32-10-14-7-29(4)26-23-14)20-18(22-19)33-11-15-8-30(6-2)27-24-15/h7-9,13H,5-6,10-12H2,1-4H3. The maximum atomic E-state index is 5.73. The zero-order chi connectivity index (χ0) is 23.9. The van der Waals surface area contributed by atoms with E-state index in [0.29, 0.717) is 23.6 Å². The molecule has 0 amide bonds. The van der Waals surface area contributed by atoms with Gasteiger partial charge in [-0.2, -0.15) is 0 Å².